The Morgan fingerprint density at radius 3 is 0.231 bits per heavy atom. The SMILES string of the molecule is [Cr+3].[Cr+3].[Cr+3].[Ge+4].[Ge+4].[Ge+4].[N-3].[N-3].[N-3].[N-3].[N-3].[N-3].[N-3]. The Bertz CT molecular complexity index is 18.9. The van der Waals surface area contributed by atoms with E-state index in [9.17, 15) is 0 Å². The Morgan fingerprint density at radius 2 is 0.231 bits per heavy atom. The number of hydrogen-bond acceptors (Lipinski definition) is 0. The van der Waals surface area contributed by atoms with Crippen molar-refractivity contribution in [3.8, 4) is 0 Å². The molecule has 0 spiro atoms. The summed E-state index contributed by atoms with van der Waals surface area (Å²) in [5, 5.41) is 0. The average Bonchev–Trinajstić information content (AvgIpc) is 0. The van der Waals surface area contributed by atoms with E-state index in [-0.39, 0.29) is 148 Å². The van der Waals surface area contributed by atoms with E-state index < -0.39 is 0 Å². The minimum absolute atomic E-state index is 0. The van der Waals surface area contributed by atoms with Crippen LogP contribution in [0, 0.1) is 0 Å². The molecule has 0 rings (SSSR count). The number of rotatable bonds is 0. The Labute approximate surface area is 146 Å². The number of hydrogen-bond donors (Lipinski definition) is 0. The van der Waals surface area contributed by atoms with Crippen LogP contribution in [0.3, 0.4) is 0 Å². The third-order valence-electron chi connectivity index (χ3n) is 0. The van der Waals surface area contributed by atoms with Crippen LogP contribution in [-0.2, 0) is 52.1 Å². The summed E-state index contributed by atoms with van der Waals surface area (Å²) in [5.74, 6) is 0. The Hall–Kier alpha value is 2.95. The van der Waals surface area contributed by atoms with Crippen molar-refractivity contribution in [2.24, 2.45) is 0 Å². The molecule has 0 aromatic rings. The second kappa shape index (κ2) is 335. The van der Waals surface area contributed by atoms with Crippen LogP contribution in [-0.4, -0.2) is 52.8 Å². The second-order valence-electron chi connectivity index (χ2n) is 0. The van der Waals surface area contributed by atoms with Gasteiger partial charge in [-0.05, 0) is 0 Å². The predicted octanol–water partition coefficient (Wildman–Crippen LogP) is 0.871. The largest absolute Gasteiger partial charge is 4.00 e. The van der Waals surface area contributed by atoms with Crippen LogP contribution in [0.2, 0.25) is 0 Å². The molecule has 0 aliphatic rings. The fraction of sp³-hybridized carbons (Fsp3) is 0. The summed E-state index contributed by atoms with van der Waals surface area (Å²) in [7, 11) is 0. The van der Waals surface area contributed by atoms with Gasteiger partial charge in [0.1, 0.15) is 0 Å². The Kier molecular flexibility index (Phi) is 10600. The van der Waals surface area contributed by atoms with Crippen LogP contribution < -0.4 is 0 Å². The van der Waals surface area contributed by atoms with Gasteiger partial charge in [0.2, 0.25) is 0 Å². The molecule has 0 aromatic carbocycles. The third-order valence-corrected chi connectivity index (χ3v) is 0. The monoisotopic (exact) mass is 476 g/mol. The topological polar surface area (TPSA) is 214 Å². The first-order valence-electron chi connectivity index (χ1n) is 0. The molecule has 13 heavy (non-hydrogen) atoms. The van der Waals surface area contributed by atoms with E-state index in [4.69, 9.17) is 0 Å². The second-order valence-corrected chi connectivity index (χ2v) is 0. The minimum atomic E-state index is 0. The molecule has 0 saturated carbocycles. The van der Waals surface area contributed by atoms with Gasteiger partial charge in [-0.3, -0.25) is 0 Å². The van der Waals surface area contributed by atoms with Crippen molar-refractivity contribution in [1.82, 2.24) is 0 Å². The summed E-state index contributed by atoms with van der Waals surface area (Å²) in [6.45, 7) is 0. The van der Waals surface area contributed by atoms with E-state index in [0.717, 1.165) is 0 Å². The fourth-order valence-electron chi connectivity index (χ4n) is 0. The van der Waals surface area contributed by atoms with Crippen molar-refractivity contribution in [3.05, 3.63) is 43.1 Å². The maximum Gasteiger partial charge on any atom is 4.00 e. The Morgan fingerprint density at radius 1 is 0.231 bits per heavy atom. The van der Waals surface area contributed by atoms with Gasteiger partial charge in [-0.1, -0.05) is 0 Å². The first-order valence-corrected chi connectivity index (χ1v) is 0. The molecule has 0 aliphatic heterocycles. The summed E-state index contributed by atoms with van der Waals surface area (Å²) in [6.07, 6.45) is 0. The van der Waals surface area contributed by atoms with Gasteiger partial charge in [0.15, 0.2) is 0 Å². The van der Waals surface area contributed by atoms with Crippen LogP contribution in [0.25, 0.3) is 43.1 Å². The molecule has 7 nitrogen and oxygen atoms in total. The zero-order chi connectivity index (χ0) is 0. The van der Waals surface area contributed by atoms with E-state index in [2.05, 4.69) is 0 Å². The van der Waals surface area contributed by atoms with Crippen LogP contribution in [0.4, 0.5) is 0 Å². The summed E-state index contributed by atoms with van der Waals surface area (Å²) in [4.78, 5) is 0. The van der Waals surface area contributed by atoms with Gasteiger partial charge in [-0.25, -0.2) is 0 Å². The van der Waals surface area contributed by atoms with Gasteiger partial charge in [0.25, 0.3) is 0 Å². The van der Waals surface area contributed by atoms with Gasteiger partial charge < -0.3 is 43.1 Å². The van der Waals surface area contributed by atoms with Crippen LogP contribution in [0.5, 0.6) is 0 Å². The first kappa shape index (κ1) is 410. The van der Waals surface area contributed by atoms with E-state index in [1.807, 2.05) is 0 Å². The molecule has 13 heteroatoms. The molecule has 0 fully saturated rings. The summed E-state index contributed by atoms with van der Waals surface area (Å²) in [5.41, 5.74) is 0. The molecule has 3 radical (unpaired) electrons. The van der Waals surface area contributed by atoms with E-state index in [1.165, 1.54) is 0 Å². The summed E-state index contributed by atoms with van der Waals surface area (Å²) >= 11 is 0. The molecule has 0 saturated heterocycles. The van der Waals surface area contributed by atoms with Gasteiger partial charge >= 0.3 is 105 Å². The molecule has 65 valence electrons. The normalized spacial score (nSPS) is 0. The third kappa shape index (κ3) is 289. The predicted molar refractivity (Wildman–Crippen MR) is 40.8 cm³/mol. The summed E-state index contributed by atoms with van der Waals surface area (Å²) < 4.78 is 0. The molecular formula is Cr3Ge3N7. The molecule has 0 N–H and O–H groups in total. The molecular weight excluding hydrogens is 472 g/mol. The van der Waals surface area contributed by atoms with Gasteiger partial charge in [0, 0.05) is 0 Å². The minimum Gasteiger partial charge on any atom is -3.00 e. The summed E-state index contributed by atoms with van der Waals surface area (Å²) in [6, 6.07) is 0. The van der Waals surface area contributed by atoms with Gasteiger partial charge in [-0.15, -0.1) is 0 Å². The van der Waals surface area contributed by atoms with Crippen LogP contribution in [0.15, 0.2) is 0 Å². The van der Waals surface area contributed by atoms with Gasteiger partial charge in [0.05, 0.1) is 0 Å². The average molecular weight is 472 g/mol. The van der Waals surface area contributed by atoms with Crippen molar-refractivity contribution in [3.63, 3.8) is 0 Å². The van der Waals surface area contributed by atoms with E-state index in [1.54, 1.807) is 0 Å². The van der Waals surface area contributed by atoms with Gasteiger partial charge in [-0.2, -0.15) is 0 Å². The van der Waals surface area contributed by atoms with E-state index >= 15 is 0 Å². The molecule has 0 aliphatic carbocycles. The molecule has 0 unspecified atom stereocenters. The Balaban J connectivity index is 0. The first-order chi connectivity index (χ1) is 0. The van der Waals surface area contributed by atoms with Crippen molar-refractivity contribution < 1.29 is 52.1 Å². The van der Waals surface area contributed by atoms with Crippen molar-refractivity contribution in [1.29, 1.82) is 0 Å². The molecule has 0 aromatic heterocycles. The fourth-order valence-corrected chi connectivity index (χ4v) is 0. The van der Waals surface area contributed by atoms with Crippen molar-refractivity contribution >= 4 is 52.8 Å². The standard InChI is InChI=1S/3Cr.3Ge.7N/q3*+3;3*+4;7*-3. The maximum atomic E-state index is 0. The molecule has 0 bridgehead atoms. The quantitative estimate of drug-likeness (QED) is 0.449. The molecule has 0 heterocycles. The van der Waals surface area contributed by atoms with Crippen LogP contribution in [0.1, 0.15) is 0 Å². The maximum absolute atomic E-state index is 0. The van der Waals surface area contributed by atoms with Crippen molar-refractivity contribution in [2.45, 2.75) is 0 Å². The molecule has 0 atom stereocenters. The smallest absolute Gasteiger partial charge is 3.00 e. The number of nitrogens with zero attached hydrogens (tertiary/aromatic N) is 7. The van der Waals surface area contributed by atoms with Crippen LogP contribution >= 0.6 is 0 Å². The zero-order valence-electron chi connectivity index (χ0n) is 5.86. The van der Waals surface area contributed by atoms with E-state index in [0.29, 0.717) is 0 Å². The molecule has 0 amide bonds. The zero-order valence-corrected chi connectivity index (χ0v) is 16.0. The van der Waals surface area contributed by atoms with Crippen molar-refractivity contribution in [2.75, 3.05) is 0 Å².